The number of ether oxygens (including phenoxy) is 1. The van der Waals surface area contributed by atoms with Gasteiger partial charge in [0.1, 0.15) is 5.82 Å². The van der Waals surface area contributed by atoms with Crippen LogP contribution >= 0.6 is 11.8 Å². The Balaban J connectivity index is 1.91. The van der Waals surface area contributed by atoms with E-state index in [4.69, 9.17) is 9.72 Å². The van der Waals surface area contributed by atoms with Crippen LogP contribution in [0.2, 0.25) is 0 Å². The molecule has 2 aliphatic heterocycles. The zero-order chi connectivity index (χ0) is 12.6. The minimum atomic E-state index is -0.0235. The second kappa shape index (κ2) is 4.87. The van der Waals surface area contributed by atoms with Gasteiger partial charge in [-0.25, -0.2) is 4.98 Å². The normalized spacial score (nSPS) is 27.6. The lowest BCUT2D eigenvalue weighted by atomic mass is 9.85. The van der Waals surface area contributed by atoms with Crippen LogP contribution in [0.1, 0.15) is 30.4 Å². The number of thioether (sulfide) groups is 1. The van der Waals surface area contributed by atoms with Gasteiger partial charge in [0, 0.05) is 19.8 Å². The van der Waals surface area contributed by atoms with Crippen LogP contribution in [-0.4, -0.2) is 39.8 Å². The molecule has 0 bridgehead atoms. The van der Waals surface area contributed by atoms with Crippen molar-refractivity contribution < 1.29 is 4.74 Å². The van der Waals surface area contributed by atoms with Gasteiger partial charge in [-0.05, 0) is 31.3 Å². The number of aryl methyl sites for hydroxylation is 2. The van der Waals surface area contributed by atoms with E-state index in [9.17, 15) is 0 Å². The van der Waals surface area contributed by atoms with Crippen LogP contribution < -0.4 is 5.32 Å². The first-order valence-electron chi connectivity index (χ1n) is 6.66. The van der Waals surface area contributed by atoms with Gasteiger partial charge in [0.15, 0.2) is 0 Å². The van der Waals surface area contributed by atoms with Crippen molar-refractivity contribution in [2.75, 3.05) is 24.7 Å². The molecule has 1 aromatic rings. The van der Waals surface area contributed by atoms with E-state index in [0.717, 1.165) is 37.5 Å². The smallest absolute Gasteiger partial charge is 0.105 e. The Labute approximate surface area is 112 Å². The van der Waals surface area contributed by atoms with Gasteiger partial charge >= 0.3 is 0 Å². The van der Waals surface area contributed by atoms with E-state index >= 15 is 0 Å². The first-order chi connectivity index (χ1) is 8.71. The van der Waals surface area contributed by atoms with E-state index in [1.165, 1.54) is 11.5 Å². The molecule has 0 aliphatic carbocycles. The van der Waals surface area contributed by atoms with Gasteiger partial charge in [0.05, 0.1) is 23.9 Å². The number of nitrogens with zero attached hydrogens (tertiary/aromatic N) is 2. The van der Waals surface area contributed by atoms with Crippen molar-refractivity contribution in [3.05, 3.63) is 17.7 Å². The average molecular weight is 267 g/mol. The summed E-state index contributed by atoms with van der Waals surface area (Å²) in [5.74, 6) is 3.46. The Hall–Kier alpha value is -0.520. The number of morpholine rings is 1. The predicted molar refractivity (Wildman–Crippen MR) is 73.9 cm³/mol. The summed E-state index contributed by atoms with van der Waals surface area (Å²) < 4.78 is 8.29. The highest BCUT2D eigenvalue weighted by molar-refractivity contribution is 7.99. The molecule has 18 heavy (non-hydrogen) atoms. The molecule has 100 valence electrons. The standard InChI is InChI=1S/C13H21N3OS/c1-10-15-11(9-16(10)2)12-13(17-6-5-14-12)3-7-18-8-4-13/h9,12,14H,3-8H2,1-2H3. The fourth-order valence-corrected chi connectivity index (χ4v) is 4.16. The van der Waals surface area contributed by atoms with Crippen LogP contribution in [0.3, 0.4) is 0 Å². The molecule has 4 nitrogen and oxygen atoms in total. The van der Waals surface area contributed by atoms with E-state index in [-0.39, 0.29) is 11.6 Å². The summed E-state index contributed by atoms with van der Waals surface area (Å²) in [7, 11) is 2.05. The van der Waals surface area contributed by atoms with Gasteiger partial charge in [0.2, 0.25) is 0 Å². The van der Waals surface area contributed by atoms with Crippen molar-refractivity contribution in [2.45, 2.75) is 31.4 Å². The minimum absolute atomic E-state index is 0.0235. The van der Waals surface area contributed by atoms with E-state index in [0.29, 0.717) is 0 Å². The number of hydrogen-bond acceptors (Lipinski definition) is 4. The summed E-state index contributed by atoms with van der Waals surface area (Å²) in [5, 5.41) is 3.63. The summed E-state index contributed by atoms with van der Waals surface area (Å²) in [6, 6.07) is 0.257. The Bertz CT molecular complexity index is 398. The molecule has 0 aromatic carbocycles. The molecule has 2 aliphatic rings. The molecule has 0 saturated carbocycles. The molecule has 2 saturated heterocycles. The average Bonchev–Trinajstić information content (AvgIpc) is 2.71. The lowest BCUT2D eigenvalue weighted by Gasteiger charge is -2.46. The Morgan fingerprint density at radius 2 is 2.28 bits per heavy atom. The fraction of sp³-hybridized carbons (Fsp3) is 0.769. The van der Waals surface area contributed by atoms with Gasteiger partial charge in [-0.1, -0.05) is 0 Å². The van der Waals surface area contributed by atoms with Crippen LogP contribution in [0.25, 0.3) is 0 Å². The van der Waals surface area contributed by atoms with E-state index in [1.54, 1.807) is 0 Å². The molecule has 1 aromatic heterocycles. The van der Waals surface area contributed by atoms with Crippen molar-refractivity contribution in [1.29, 1.82) is 0 Å². The summed E-state index contributed by atoms with van der Waals surface area (Å²) in [6.45, 7) is 3.80. The first-order valence-corrected chi connectivity index (χ1v) is 7.82. The van der Waals surface area contributed by atoms with Gasteiger partial charge in [-0.15, -0.1) is 0 Å². The number of imidazole rings is 1. The highest BCUT2D eigenvalue weighted by Crippen LogP contribution is 2.41. The molecule has 0 amide bonds. The number of nitrogens with one attached hydrogen (secondary N) is 1. The van der Waals surface area contributed by atoms with Crippen LogP contribution in [0.5, 0.6) is 0 Å². The van der Waals surface area contributed by atoms with Gasteiger partial charge in [-0.2, -0.15) is 11.8 Å². The van der Waals surface area contributed by atoms with Crippen LogP contribution in [0.4, 0.5) is 0 Å². The minimum Gasteiger partial charge on any atom is -0.372 e. The number of hydrogen-bond donors (Lipinski definition) is 1. The maximum atomic E-state index is 6.20. The fourth-order valence-electron chi connectivity index (χ4n) is 2.98. The van der Waals surface area contributed by atoms with Crippen LogP contribution in [0.15, 0.2) is 6.20 Å². The summed E-state index contributed by atoms with van der Waals surface area (Å²) >= 11 is 2.03. The number of rotatable bonds is 1. The molecular weight excluding hydrogens is 246 g/mol. The second-order valence-electron chi connectivity index (χ2n) is 5.24. The summed E-state index contributed by atoms with van der Waals surface area (Å²) in [4.78, 5) is 4.70. The highest BCUT2D eigenvalue weighted by Gasteiger charge is 2.44. The van der Waals surface area contributed by atoms with Gasteiger partial charge in [-0.3, -0.25) is 0 Å². The topological polar surface area (TPSA) is 39.1 Å². The molecule has 1 unspecified atom stereocenters. The predicted octanol–water partition coefficient (Wildman–Crippen LogP) is 1.66. The van der Waals surface area contributed by atoms with Crippen molar-refractivity contribution in [2.24, 2.45) is 7.05 Å². The molecule has 3 rings (SSSR count). The van der Waals surface area contributed by atoms with E-state index < -0.39 is 0 Å². The Morgan fingerprint density at radius 1 is 1.50 bits per heavy atom. The van der Waals surface area contributed by atoms with E-state index in [2.05, 4.69) is 30.1 Å². The second-order valence-corrected chi connectivity index (χ2v) is 6.46. The van der Waals surface area contributed by atoms with Gasteiger partial charge < -0.3 is 14.6 Å². The third-order valence-electron chi connectivity index (χ3n) is 4.13. The lowest BCUT2D eigenvalue weighted by Crippen LogP contribution is -2.54. The molecule has 1 spiro atoms. The largest absolute Gasteiger partial charge is 0.372 e. The molecule has 1 N–H and O–H groups in total. The maximum Gasteiger partial charge on any atom is 0.105 e. The highest BCUT2D eigenvalue weighted by atomic mass is 32.2. The van der Waals surface area contributed by atoms with Crippen molar-refractivity contribution >= 4 is 11.8 Å². The summed E-state index contributed by atoms with van der Waals surface area (Å²) in [6.07, 6.45) is 4.40. The van der Waals surface area contributed by atoms with Crippen molar-refractivity contribution in [3.8, 4) is 0 Å². The Morgan fingerprint density at radius 3 is 2.94 bits per heavy atom. The Kier molecular flexibility index (Phi) is 3.38. The molecule has 5 heteroatoms. The molecular formula is C13H21N3OS. The third kappa shape index (κ3) is 2.08. The number of aromatic nitrogens is 2. The molecule has 2 fully saturated rings. The van der Waals surface area contributed by atoms with Gasteiger partial charge in [0.25, 0.3) is 0 Å². The molecule has 3 heterocycles. The quantitative estimate of drug-likeness (QED) is 0.840. The maximum absolute atomic E-state index is 6.20. The molecule has 0 radical (unpaired) electrons. The zero-order valence-corrected chi connectivity index (χ0v) is 11.9. The molecule has 1 atom stereocenters. The lowest BCUT2D eigenvalue weighted by molar-refractivity contribution is -0.104. The van der Waals surface area contributed by atoms with Crippen molar-refractivity contribution in [1.82, 2.24) is 14.9 Å². The SMILES string of the molecule is Cc1nc(C2NCCOC23CCSCC3)cn1C. The van der Waals surface area contributed by atoms with Crippen LogP contribution in [-0.2, 0) is 11.8 Å². The monoisotopic (exact) mass is 267 g/mol. The summed E-state index contributed by atoms with van der Waals surface area (Å²) in [5.41, 5.74) is 1.12. The zero-order valence-electron chi connectivity index (χ0n) is 11.1. The first kappa shape index (κ1) is 12.5. The van der Waals surface area contributed by atoms with Crippen LogP contribution in [0, 0.1) is 6.92 Å². The van der Waals surface area contributed by atoms with E-state index in [1.807, 2.05) is 11.8 Å². The third-order valence-corrected chi connectivity index (χ3v) is 5.11. The van der Waals surface area contributed by atoms with Crippen molar-refractivity contribution in [3.63, 3.8) is 0 Å².